The number of Topliss-reactive ketones (excluding diaryl/α,β-unsaturated/α-hetero) is 1. The SMILES string of the molecule is CCC(=O)N1C(=O)[C@@](C)(C(=O)CCOCOCc2ccccc2)[C@H]1CO[Si](C)(C)C(C)(C)C. The number of imide groups is 1. The molecule has 0 radical (unpaired) electrons. The minimum Gasteiger partial charge on any atom is -0.415 e. The summed E-state index contributed by atoms with van der Waals surface area (Å²) in [6, 6.07) is 9.14. The second-order valence-electron chi connectivity index (χ2n) is 10.2. The quantitative estimate of drug-likeness (QED) is 0.147. The lowest BCUT2D eigenvalue weighted by molar-refractivity contribution is -0.183. The maximum atomic E-state index is 13.1. The van der Waals surface area contributed by atoms with E-state index in [1.54, 1.807) is 13.8 Å². The van der Waals surface area contributed by atoms with Crippen molar-refractivity contribution in [3.63, 3.8) is 0 Å². The summed E-state index contributed by atoms with van der Waals surface area (Å²) >= 11 is 0. The largest absolute Gasteiger partial charge is 0.415 e. The van der Waals surface area contributed by atoms with Crippen LogP contribution in [0, 0.1) is 5.41 Å². The van der Waals surface area contributed by atoms with Crippen LogP contribution < -0.4 is 0 Å². The zero-order valence-corrected chi connectivity index (χ0v) is 22.1. The Morgan fingerprint density at radius 1 is 1.12 bits per heavy atom. The van der Waals surface area contributed by atoms with Crippen LogP contribution in [0.25, 0.3) is 0 Å². The summed E-state index contributed by atoms with van der Waals surface area (Å²) in [7, 11) is -2.11. The molecule has 2 amide bonds. The van der Waals surface area contributed by atoms with E-state index < -0.39 is 25.7 Å². The summed E-state index contributed by atoms with van der Waals surface area (Å²) in [6.45, 7) is 14.8. The molecule has 1 fully saturated rings. The number of ether oxygens (including phenoxy) is 2. The molecule has 8 heteroatoms. The third kappa shape index (κ3) is 6.18. The second-order valence-corrected chi connectivity index (χ2v) is 15.1. The Labute approximate surface area is 198 Å². The van der Waals surface area contributed by atoms with Crippen molar-refractivity contribution < 1.29 is 28.3 Å². The predicted octanol–water partition coefficient (Wildman–Crippen LogP) is 4.31. The smallest absolute Gasteiger partial charge is 0.245 e. The van der Waals surface area contributed by atoms with E-state index in [1.165, 1.54) is 4.90 Å². The van der Waals surface area contributed by atoms with Crippen LogP contribution in [0.4, 0.5) is 0 Å². The van der Waals surface area contributed by atoms with E-state index >= 15 is 0 Å². The molecule has 0 bridgehead atoms. The monoisotopic (exact) mass is 477 g/mol. The van der Waals surface area contributed by atoms with Gasteiger partial charge in [-0.25, -0.2) is 0 Å². The van der Waals surface area contributed by atoms with Crippen LogP contribution in [-0.4, -0.2) is 56.9 Å². The van der Waals surface area contributed by atoms with Gasteiger partial charge in [0.2, 0.25) is 11.8 Å². The number of carbonyl (C=O) groups is 3. The average Bonchev–Trinajstić information content (AvgIpc) is 2.77. The number of β-lactam (4-membered cyclic amide) rings is 1. The van der Waals surface area contributed by atoms with Crippen LogP contribution in [0.1, 0.15) is 53.0 Å². The van der Waals surface area contributed by atoms with Crippen LogP contribution in [0.2, 0.25) is 18.1 Å². The summed E-state index contributed by atoms with van der Waals surface area (Å²) in [4.78, 5) is 39.6. The highest BCUT2D eigenvalue weighted by Gasteiger charge is 2.63. The van der Waals surface area contributed by atoms with Gasteiger partial charge in [0.25, 0.3) is 0 Å². The van der Waals surface area contributed by atoms with Crippen LogP contribution >= 0.6 is 0 Å². The van der Waals surface area contributed by atoms with E-state index in [1.807, 2.05) is 30.3 Å². The van der Waals surface area contributed by atoms with Gasteiger partial charge in [0, 0.05) is 12.8 Å². The van der Waals surface area contributed by atoms with E-state index in [2.05, 4.69) is 33.9 Å². The van der Waals surface area contributed by atoms with Crippen molar-refractivity contribution in [3.05, 3.63) is 35.9 Å². The van der Waals surface area contributed by atoms with Gasteiger partial charge in [-0.1, -0.05) is 58.0 Å². The van der Waals surface area contributed by atoms with Crippen LogP contribution in [0.3, 0.4) is 0 Å². The first-order valence-corrected chi connectivity index (χ1v) is 14.5. The standard InChI is InChI=1S/C25H39NO6Si/c1-8-22(28)26-20(17-32-33(6,7)24(2,3)4)25(5,23(26)29)21(27)14-15-30-18-31-16-19-12-10-9-11-13-19/h9-13,20H,8,14-18H2,1-7H3/t20-,25-/m1/s1. The van der Waals surface area contributed by atoms with Gasteiger partial charge in [0.1, 0.15) is 12.2 Å². The van der Waals surface area contributed by atoms with E-state index in [4.69, 9.17) is 13.9 Å². The first-order chi connectivity index (χ1) is 15.4. The second kappa shape index (κ2) is 11.0. The van der Waals surface area contributed by atoms with Gasteiger partial charge in [-0.15, -0.1) is 0 Å². The fourth-order valence-corrected chi connectivity index (χ4v) is 4.52. The number of nitrogens with zero attached hydrogens (tertiary/aromatic N) is 1. The fraction of sp³-hybridized carbons (Fsp3) is 0.640. The molecule has 1 aromatic carbocycles. The van der Waals surface area contributed by atoms with Crippen molar-refractivity contribution in [1.29, 1.82) is 0 Å². The summed E-state index contributed by atoms with van der Waals surface area (Å²) in [5.41, 5.74) is -0.239. The molecule has 0 saturated carbocycles. The number of ketones is 1. The lowest BCUT2D eigenvalue weighted by Crippen LogP contribution is -2.74. The molecular weight excluding hydrogens is 438 g/mol. The minimum absolute atomic E-state index is 0.0195. The fourth-order valence-electron chi connectivity index (χ4n) is 3.51. The summed E-state index contributed by atoms with van der Waals surface area (Å²) in [6.07, 6.45) is 0.274. The molecule has 0 N–H and O–H groups in total. The predicted molar refractivity (Wildman–Crippen MR) is 129 cm³/mol. The topological polar surface area (TPSA) is 82.1 Å². The number of hydrogen-bond donors (Lipinski definition) is 0. The normalized spacial score (nSPS) is 21.1. The first-order valence-electron chi connectivity index (χ1n) is 11.6. The molecule has 1 saturated heterocycles. The maximum absolute atomic E-state index is 13.1. The average molecular weight is 478 g/mol. The molecular formula is C25H39NO6Si. The lowest BCUT2D eigenvalue weighted by atomic mass is 9.68. The van der Waals surface area contributed by atoms with Gasteiger partial charge in [-0.05, 0) is 30.6 Å². The highest BCUT2D eigenvalue weighted by atomic mass is 28.4. The van der Waals surface area contributed by atoms with E-state index in [9.17, 15) is 14.4 Å². The van der Waals surface area contributed by atoms with Crippen LogP contribution in [-0.2, 0) is 34.9 Å². The van der Waals surface area contributed by atoms with Crippen molar-refractivity contribution in [2.24, 2.45) is 5.41 Å². The van der Waals surface area contributed by atoms with Crippen molar-refractivity contribution in [2.75, 3.05) is 20.0 Å². The Balaban J connectivity index is 1.94. The first kappa shape index (κ1) is 27.4. The van der Waals surface area contributed by atoms with Crippen molar-refractivity contribution >= 4 is 25.9 Å². The molecule has 0 aliphatic carbocycles. The Morgan fingerprint density at radius 2 is 1.76 bits per heavy atom. The number of likely N-dealkylation sites (tertiary alicyclic amines) is 1. The summed E-state index contributed by atoms with van der Waals surface area (Å²) in [5.74, 6) is -0.956. The van der Waals surface area contributed by atoms with Gasteiger partial charge in [-0.3, -0.25) is 19.3 Å². The molecule has 7 nitrogen and oxygen atoms in total. The molecule has 33 heavy (non-hydrogen) atoms. The van der Waals surface area contributed by atoms with Crippen molar-refractivity contribution in [3.8, 4) is 0 Å². The van der Waals surface area contributed by atoms with Crippen LogP contribution in [0.15, 0.2) is 30.3 Å². The maximum Gasteiger partial charge on any atom is 0.245 e. The van der Waals surface area contributed by atoms with E-state index in [-0.39, 0.29) is 49.6 Å². The molecule has 1 aliphatic rings. The van der Waals surface area contributed by atoms with Crippen molar-refractivity contribution in [1.82, 2.24) is 4.90 Å². The van der Waals surface area contributed by atoms with Crippen molar-refractivity contribution in [2.45, 2.75) is 78.2 Å². The van der Waals surface area contributed by atoms with E-state index in [0.717, 1.165) is 5.56 Å². The molecule has 2 rings (SSSR count). The van der Waals surface area contributed by atoms with Crippen LogP contribution in [0.5, 0.6) is 0 Å². The molecule has 1 heterocycles. The lowest BCUT2D eigenvalue weighted by Gasteiger charge is -2.53. The minimum atomic E-state index is -2.11. The summed E-state index contributed by atoms with van der Waals surface area (Å²) in [5, 5.41) is -0.0195. The highest BCUT2D eigenvalue weighted by molar-refractivity contribution is 6.74. The van der Waals surface area contributed by atoms with Gasteiger partial charge in [0.05, 0.1) is 25.9 Å². The molecule has 1 aromatic rings. The third-order valence-corrected chi connectivity index (χ3v) is 11.5. The Hall–Kier alpha value is -1.87. The van der Waals surface area contributed by atoms with Gasteiger partial charge in [-0.2, -0.15) is 0 Å². The molecule has 1 aliphatic heterocycles. The van der Waals surface area contributed by atoms with Gasteiger partial charge in [0.15, 0.2) is 14.1 Å². The Bertz CT molecular complexity index is 835. The number of amides is 2. The molecule has 184 valence electrons. The molecule has 0 unspecified atom stereocenters. The Morgan fingerprint density at radius 3 is 2.33 bits per heavy atom. The zero-order valence-electron chi connectivity index (χ0n) is 21.1. The zero-order chi connectivity index (χ0) is 24.9. The number of hydrogen-bond acceptors (Lipinski definition) is 6. The Kier molecular flexibility index (Phi) is 9.15. The molecule has 0 aromatic heterocycles. The van der Waals surface area contributed by atoms with E-state index in [0.29, 0.717) is 6.61 Å². The number of rotatable bonds is 12. The highest BCUT2D eigenvalue weighted by Crippen LogP contribution is 2.43. The number of benzene rings is 1. The molecule has 2 atom stereocenters. The van der Waals surface area contributed by atoms with Gasteiger partial charge < -0.3 is 13.9 Å². The van der Waals surface area contributed by atoms with Gasteiger partial charge >= 0.3 is 0 Å². The third-order valence-electron chi connectivity index (χ3n) is 6.95. The number of carbonyl (C=O) groups excluding carboxylic acids is 3. The molecule has 0 spiro atoms. The summed E-state index contributed by atoms with van der Waals surface area (Å²) < 4.78 is 17.2.